The van der Waals surface area contributed by atoms with Crippen LogP contribution in [0.3, 0.4) is 0 Å². The molecule has 0 radical (unpaired) electrons. The van der Waals surface area contributed by atoms with Gasteiger partial charge in [-0.1, -0.05) is 18.2 Å². The van der Waals surface area contributed by atoms with Gasteiger partial charge in [0.2, 0.25) is 0 Å². The fourth-order valence-corrected chi connectivity index (χ4v) is 1.69. The molecule has 0 unspecified atom stereocenters. The number of carbonyl (C=O) groups is 1. The van der Waals surface area contributed by atoms with Crippen LogP contribution in [0.5, 0.6) is 0 Å². The van der Waals surface area contributed by atoms with Crippen molar-refractivity contribution in [3.63, 3.8) is 0 Å². The minimum atomic E-state index is -4.71. The molecule has 2 aromatic rings. The molecule has 0 bridgehead atoms. The summed E-state index contributed by atoms with van der Waals surface area (Å²) in [7, 11) is 0. The maximum Gasteiger partial charge on any atom is 0.383 e. The summed E-state index contributed by atoms with van der Waals surface area (Å²) >= 11 is 0. The molecule has 0 spiro atoms. The quantitative estimate of drug-likeness (QED) is 0.862. The Morgan fingerprint density at radius 3 is 2.62 bits per heavy atom. The SMILES string of the molecule is O=C(NCc1ccccc1-n1cccn1)C(F)(F)C(F)F. The number of para-hydroxylation sites is 1. The average molecular weight is 301 g/mol. The first-order valence-electron chi connectivity index (χ1n) is 5.95. The minimum absolute atomic E-state index is 0.308. The zero-order chi connectivity index (χ0) is 15.5. The second kappa shape index (κ2) is 5.94. The van der Waals surface area contributed by atoms with E-state index in [1.54, 1.807) is 36.5 Å². The van der Waals surface area contributed by atoms with Gasteiger partial charge in [0, 0.05) is 18.9 Å². The standard InChI is InChI=1S/C13H11F4N3O/c14-11(15)13(16,17)12(21)18-8-9-4-1-2-5-10(9)20-7-3-6-19-20/h1-7,11H,8H2,(H,18,21). The van der Waals surface area contributed by atoms with E-state index in [9.17, 15) is 22.4 Å². The normalized spacial score (nSPS) is 11.7. The van der Waals surface area contributed by atoms with Gasteiger partial charge >= 0.3 is 12.3 Å². The van der Waals surface area contributed by atoms with Crippen molar-refractivity contribution in [2.24, 2.45) is 0 Å². The Labute approximate surface area is 117 Å². The first kappa shape index (κ1) is 15.0. The number of rotatable bonds is 5. The third-order valence-electron chi connectivity index (χ3n) is 2.76. The molecule has 1 N–H and O–H groups in total. The van der Waals surface area contributed by atoms with Crippen molar-refractivity contribution < 1.29 is 22.4 Å². The molecule has 0 aliphatic carbocycles. The van der Waals surface area contributed by atoms with E-state index in [0.717, 1.165) is 0 Å². The molecule has 0 aliphatic heterocycles. The van der Waals surface area contributed by atoms with Crippen molar-refractivity contribution in [2.45, 2.75) is 18.9 Å². The Kier molecular flexibility index (Phi) is 4.25. The molecular formula is C13H11F4N3O. The highest BCUT2D eigenvalue weighted by Gasteiger charge is 2.48. The number of hydrogen-bond donors (Lipinski definition) is 1. The Hall–Kier alpha value is -2.38. The summed E-state index contributed by atoms with van der Waals surface area (Å²) in [6.07, 6.45) is -0.881. The third kappa shape index (κ3) is 3.21. The molecule has 1 amide bonds. The largest absolute Gasteiger partial charge is 0.383 e. The maximum atomic E-state index is 12.8. The van der Waals surface area contributed by atoms with Crippen molar-refractivity contribution >= 4 is 5.91 Å². The second-order valence-electron chi connectivity index (χ2n) is 4.19. The molecule has 0 fully saturated rings. The van der Waals surface area contributed by atoms with Crippen LogP contribution < -0.4 is 5.32 Å². The molecule has 0 saturated carbocycles. The van der Waals surface area contributed by atoms with Crippen LogP contribution in [0.4, 0.5) is 17.6 Å². The van der Waals surface area contributed by atoms with Crippen molar-refractivity contribution in [3.8, 4) is 5.69 Å². The van der Waals surface area contributed by atoms with Crippen molar-refractivity contribution in [2.75, 3.05) is 0 Å². The first-order chi connectivity index (χ1) is 9.93. The Balaban J connectivity index is 2.13. The van der Waals surface area contributed by atoms with Crippen molar-refractivity contribution in [1.29, 1.82) is 0 Å². The van der Waals surface area contributed by atoms with Crippen LogP contribution in [0.1, 0.15) is 5.56 Å². The lowest BCUT2D eigenvalue weighted by atomic mass is 10.1. The summed E-state index contributed by atoms with van der Waals surface area (Å²) in [6, 6.07) is 8.26. The number of nitrogens with zero attached hydrogens (tertiary/aromatic N) is 2. The van der Waals surface area contributed by atoms with Crippen molar-refractivity contribution in [1.82, 2.24) is 15.1 Å². The lowest BCUT2D eigenvalue weighted by molar-refractivity contribution is -0.169. The van der Waals surface area contributed by atoms with Gasteiger partial charge in [-0.25, -0.2) is 13.5 Å². The zero-order valence-corrected chi connectivity index (χ0v) is 10.6. The summed E-state index contributed by atoms with van der Waals surface area (Å²) in [6.45, 7) is -0.308. The van der Waals surface area contributed by atoms with E-state index in [4.69, 9.17) is 0 Å². The van der Waals surface area contributed by atoms with Gasteiger partial charge in [0.1, 0.15) is 0 Å². The molecule has 0 atom stereocenters. The Morgan fingerprint density at radius 2 is 2.00 bits per heavy atom. The average Bonchev–Trinajstić information content (AvgIpc) is 2.98. The maximum absolute atomic E-state index is 12.8. The molecule has 1 heterocycles. The molecule has 2 rings (SSSR count). The molecule has 0 aliphatic rings. The predicted molar refractivity (Wildman–Crippen MR) is 66.4 cm³/mol. The van der Waals surface area contributed by atoms with E-state index in [-0.39, 0.29) is 6.54 Å². The van der Waals surface area contributed by atoms with Crippen molar-refractivity contribution in [3.05, 3.63) is 48.3 Å². The number of alkyl halides is 4. The van der Waals surface area contributed by atoms with Gasteiger partial charge in [-0.2, -0.15) is 13.9 Å². The Morgan fingerprint density at radius 1 is 1.29 bits per heavy atom. The monoisotopic (exact) mass is 301 g/mol. The smallest absolute Gasteiger partial charge is 0.347 e. The van der Waals surface area contributed by atoms with Gasteiger partial charge in [0.25, 0.3) is 5.91 Å². The number of nitrogens with one attached hydrogen (secondary N) is 1. The lowest BCUT2D eigenvalue weighted by Crippen LogP contribution is -2.44. The van der Waals surface area contributed by atoms with Gasteiger partial charge in [0.15, 0.2) is 0 Å². The number of carbonyl (C=O) groups excluding carboxylic acids is 1. The van der Waals surface area contributed by atoms with E-state index in [0.29, 0.717) is 11.3 Å². The second-order valence-corrected chi connectivity index (χ2v) is 4.19. The highest BCUT2D eigenvalue weighted by molar-refractivity contribution is 5.83. The topological polar surface area (TPSA) is 46.9 Å². The summed E-state index contributed by atoms with van der Waals surface area (Å²) in [5, 5.41) is 5.80. The fraction of sp³-hybridized carbons (Fsp3) is 0.231. The highest BCUT2D eigenvalue weighted by Crippen LogP contribution is 2.23. The van der Waals surface area contributed by atoms with Crippen LogP contribution in [0.25, 0.3) is 5.69 Å². The molecule has 4 nitrogen and oxygen atoms in total. The van der Waals surface area contributed by atoms with E-state index in [1.807, 2.05) is 5.32 Å². The molecule has 21 heavy (non-hydrogen) atoms. The summed E-state index contributed by atoms with van der Waals surface area (Å²) in [5.74, 6) is -6.71. The van der Waals surface area contributed by atoms with E-state index < -0.39 is 18.3 Å². The number of halogens is 4. The van der Waals surface area contributed by atoms with E-state index in [1.165, 1.54) is 10.9 Å². The van der Waals surface area contributed by atoms with Crippen LogP contribution >= 0.6 is 0 Å². The summed E-state index contributed by atoms with van der Waals surface area (Å²) in [4.78, 5) is 11.1. The fourth-order valence-electron chi connectivity index (χ4n) is 1.69. The zero-order valence-electron chi connectivity index (χ0n) is 10.6. The van der Waals surface area contributed by atoms with Gasteiger partial charge in [0.05, 0.1) is 5.69 Å². The summed E-state index contributed by atoms with van der Waals surface area (Å²) < 4.78 is 51.3. The van der Waals surface area contributed by atoms with E-state index >= 15 is 0 Å². The molecule has 8 heteroatoms. The van der Waals surface area contributed by atoms with Crippen LogP contribution in [-0.2, 0) is 11.3 Å². The molecule has 1 aromatic carbocycles. The van der Waals surface area contributed by atoms with Crippen LogP contribution in [0.2, 0.25) is 0 Å². The molecular weight excluding hydrogens is 290 g/mol. The summed E-state index contributed by atoms with van der Waals surface area (Å²) in [5.41, 5.74) is 1.03. The van der Waals surface area contributed by atoms with E-state index in [2.05, 4.69) is 5.10 Å². The van der Waals surface area contributed by atoms with Crippen LogP contribution in [-0.4, -0.2) is 28.0 Å². The number of amides is 1. The first-order valence-corrected chi connectivity index (χ1v) is 5.95. The molecule has 0 saturated heterocycles. The van der Waals surface area contributed by atoms with Gasteiger partial charge in [-0.05, 0) is 17.7 Å². The molecule has 1 aromatic heterocycles. The predicted octanol–water partition coefficient (Wildman–Crippen LogP) is 2.39. The number of aromatic nitrogens is 2. The lowest BCUT2D eigenvalue weighted by Gasteiger charge is -2.16. The van der Waals surface area contributed by atoms with Gasteiger partial charge < -0.3 is 5.32 Å². The molecule has 112 valence electrons. The third-order valence-corrected chi connectivity index (χ3v) is 2.76. The van der Waals surface area contributed by atoms with Gasteiger partial charge in [-0.15, -0.1) is 0 Å². The Bertz CT molecular complexity index is 614. The number of hydrogen-bond acceptors (Lipinski definition) is 2. The van der Waals surface area contributed by atoms with Crippen LogP contribution in [0.15, 0.2) is 42.7 Å². The highest BCUT2D eigenvalue weighted by atomic mass is 19.3. The number of benzene rings is 1. The van der Waals surface area contributed by atoms with Crippen LogP contribution in [0, 0.1) is 0 Å². The minimum Gasteiger partial charge on any atom is -0.347 e. The van der Waals surface area contributed by atoms with Gasteiger partial charge in [-0.3, -0.25) is 4.79 Å².